The second-order valence-electron chi connectivity index (χ2n) is 4.40. The van der Waals surface area contributed by atoms with Crippen molar-refractivity contribution in [3.8, 4) is 6.07 Å². The Morgan fingerprint density at radius 1 is 1.47 bits per heavy atom. The molecule has 0 amide bonds. The van der Waals surface area contributed by atoms with Crippen LogP contribution in [0.3, 0.4) is 0 Å². The predicted octanol–water partition coefficient (Wildman–Crippen LogP) is 1.58. The maximum atomic E-state index is 8.74. The average Bonchev–Trinajstić information content (AvgIpc) is 3.01. The molecule has 1 saturated carbocycles. The minimum absolute atomic E-state index is 0.0890. The largest absolute Gasteiger partial charge is 0.339 e. The number of aromatic nitrogens is 2. The zero-order chi connectivity index (χ0) is 12.3. The van der Waals surface area contributed by atoms with Gasteiger partial charge in [0.2, 0.25) is 5.89 Å². The van der Waals surface area contributed by atoms with Gasteiger partial charge in [-0.25, -0.2) is 0 Å². The van der Waals surface area contributed by atoms with Gasteiger partial charge in [-0.2, -0.15) is 10.2 Å². The molecule has 5 nitrogen and oxygen atoms in total. The molecule has 0 N–H and O–H groups in total. The van der Waals surface area contributed by atoms with Crippen molar-refractivity contribution < 1.29 is 4.52 Å². The van der Waals surface area contributed by atoms with Gasteiger partial charge in [-0.1, -0.05) is 19.0 Å². The smallest absolute Gasteiger partial charge is 0.231 e. The van der Waals surface area contributed by atoms with Gasteiger partial charge in [0, 0.05) is 13.0 Å². The Morgan fingerprint density at radius 2 is 2.24 bits per heavy atom. The zero-order valence-corrected chi connectivity index (χ0v) is 10.4. The summed E-state index contributed by atoms with van der Waals surface area (Å²) in [6, 6.07) is 2.23. The minimum atomic E-state index is 0.0890. The summed E-state index contributed by atoms with van der Waals surface area (Å²) in [4.78, 5) is 6.68. The molecule has 0 saturated heterocycles. The van der Waals surface area contributed by atoms with Gasteiger partial charge in [-0.15, -0.1) is 0 Å². The van der Waals surface area contributed by atoms with Gasteiger partial charge in [0.25, 0.3) is 0 Å². The van der Waals surface area contributed by atoms with E-state index in [0.29, 0.717) is 5.89 Å². The Labute approximate surface area is 101 Å². The highest BCUT2D eigenvalue weighted by Gasteiger charge is 2.43. The van der Waals surface area contributed by atoms with Gasteiger partial charge in [0.15, 0.2) is 5.82 Å². The molecule has 0 aromatic carbocycles. The number of nitrogens with zero attached hydrogens (tertiary/aromatic N) is 4. The standard InChI is InChI=1S/C12H18N4O/c1-3-16(4-2)6-5-11-14-12(17-15-11)10-7-9(10)8-13/h9-10H,3-7H2,1-2H3. The summed E-state index contributed by atoms with van der Waals surface area (Å²) in [5.74, 6) is 1.68. The monoisotopic (exact) mass is 234 g/mol. The Balaban J connectivity index is 1.85. The zero-order valence-electron chi connectivity index (χ0n) is 10.4. The molecule has 2 atom stereocenters. The summed E-state index contributed by atoms with van der Waals surface area (Å²) in [6.07, 6.45) is 1.68. The van der Waals surface area contributed by atoms with Crippen LogP contribution in [0, 0.1) is 17.2 Å². The second-order valence-corrected chi connectivity index (χ2v) is 4.40. The molecule has 1 heterocycles. The highest BCUT2D eigenvalue weighted by Crippen LogP contribution is 2.45. The van der Waals surface area contributed by atoms with Crippen molar-refractivity contribution in [1.29, 1.82) is 5.26 Å². The summed E-state index contributed by atoms with van der Waals surface area (Å²) in [7, 11) is 0. The van der Waals surface area contributed by atoms with Crippen molar-refractivity contribution in [3.05, 3.63) is 11.7 Å². The van der Waals surface area contributed by atoms with E-state index in [2.05, 4.69) is 35.0 Å². The van der Waals surface area contributed by atoms with Crippen LogP contribution in [0.15, 0.2) is 4.52 Å². The van der Waals surface area contributed by atoms with Crippen LogP contribution in [0.4, 0.5) is 0 Å². The third kappa shape index (κ3) is 2.83. The third-order valence-corrected chi connectivity index (χ3v) is 3.30. The van der Waals surface area contributed by atoms with E-state index in [1.54, 1.807) is 0 Å². The van der Waals surface area contributed by atoms with E-state index in [-0.39, 0.29) is 11.8 Å². The molecule has 0 radical (unpaired) electrons. The third-order valence-electron chi connectivity index (χ3n) is 3.30. The molecule has 1 aromatic rings. The van der Waals surface area contributed by atoms with Crippen molar-refractivity contribution in [2.75, 3.05) is 19.6 Å². The summed E-state index contributed by atoms with van der Waals surface area (Å²) in [5, 5.41) is 12.7. The number of hydrogen-bond donors (Lipinski definition) is 0. The lowest BCUT2D eigenvalue weighted by molar-refractivity contribution is 0.302. The van der Waals surface area contributed by atoms with Gasteiger partial charge in [0.1, 0.15) is 0 Å². The van der Waals surface area contributed by atoms with Crippen molar-refractivity contribution in [2.24, 2.45) is 5.92 Å². The average molecular weight is 234 g/mol. The molecule has 1 aliphatic rings. The Morgan fingerprint density at radius 3 is 2.82 bits per heavy atom. The molecular formula is C12H18N4O. The summed E-state index contributed by atoms with van der Waals surface area (Å²) in [5.41, 5.74) is 0. The molecule has 1 aliphatic carbocycles. The van der Waals surface area contributed by atoms with Crippen LogP contribution >= 0.6 is 0 Å². The number of hydrogen-bond acceptors (Lipinski definition) is 5. The van der Waals surface area contributed by atoms with Crippen LogP contribution in [-0.2, 0) is 6.42 Å². The molecule has 0 aliphatic heterocycles. The molecule has 1 aromatic heterocycles. The van der Waals surface area contributed by atoms with Crippen molar-refractivity contribution in [3.63, 3.8) is 0 Å². The van der Waals surface area contributed by atoms with E-state index in [9.17, 15) is 0 Å². The highest BCUT2D eigenvalue weighted by molar-refractivity contribution is 5.15. The topological polar surface area (TPSA) is 66.0 Å². The first-order chi connectivity index (χ1) is 8.28. The molecule has 17 heavy (non-hydrogen) atoms. The van der Waals surface area contributed by atoms with Gasteiger partial charge >= 0.3 is 0 Å². The van der Waals surface area contributed by atoms with Crippen LogP contribution in [0.1, 0.15) is 37.9 Å². The lowest BCUT2D eigenvalue weighted by atomic mass is 10.3. The number of likely N-dealkylation sites (N-methyl/N-ethyl adjacent to an activating group) is 1. The van der Waals surface area contributed by atoms with E-state index in [4.69, 9.17) is 9.78 Å². The summed E-state index contributed by atoms with van der Waals surface area (Å²) in [6.45, 7) is 7.33. The maximum Gasteiger partial charge on any atom is 0.231 e. The van der Waals surface area contributed by atoms with Crippen LogP contribution in [0.5, 0.6) is 0 Å². The van der Waals surface area contributed by atoms with E-state index in [0.717, 1.165) is 38.3 Å². The van der Waals surface area contributed by atoms with Crippen molar-refractivity contribution in [2.45, 2.75) is 32.6 Å². The van der Waals surface area contributed by atoms with E-state index in [1.807, 2.05) is 0 Å². The molecule has 2 rings (SSSR count). The van der Waals surface area contributed by atoms with E-state index < -0.39 is 0 Å². The van der Waals surface area contributed by atoms with Crippen LogP contribution in [0.2, 0.25) is 0 Å². The lowest BCUT2D eigenvalue weighted by Gasteiger charge is -2.16. The summed E-state index contributed by atoms with van der Waals surface area (Å²) < 4.78 is 5.19. The first kappa shape index (κ1) is 12.1. The fraction of sp³-hybridized carbons (Fsp3) is 0.750. The van der Waals surface area contributed by atoms with Crippen molar-refractivity contribution >= 4 is 0 Å². The first-order valence-electron chi connectivity index (χ1n) is 6.22. The van der Waals surface area contributed by atoms with Crippen LogP contribution in [0.25, 0.3) is 0 Å². The number of rotatable bonds is 6. The van der Waals surface area contributed by atoms with Crippen molar-refractivity contribution in [1.82, 2.24) is 15.0 Å². The molecule has 2 unspecified atom stereocenters. The van der Waals surface area contributed by atoms with E-state index in [1.165, 1.54) is 0 Å². The fourth-order valence-electron chi connectivity index (χ4n) is 1.93. The maximum absolute atomic E-state index is 8.74. The minimum Gasteiger partial charge on any atom is -0.339 e. The number of nitriles is 1. The quantitative estimate of drug-likeness (QED) is 0.747. The first-order valence-corrected chi connectivity index (χ1v) is 6.22. The van der Waals surface area contributed by atoms with Crippen LogP contribution < -0.4 is 0 Å². The van der Waals surface area contributed by atoms with E-state index >= 15 is 0 Å². The fourth-order valence-corrected chi connectivity index (χ4v) is 1.93. The Kier molecular flexibility index (Phi) is 3.75. The molecular weight excluding hydrogens is 216 g/mol. The molecule has 0 spiro atoms. The Bertz CT molecular complexity index is 405. The summed E-state index contributed by atoms with van der Waals surface area (Å²) >= 11 is 0. The second kappa shape index (κ2) is 5.28. The van der Waals surface area contributed by atoms with Crippen LogP contribution in [-0.4, -0.2) is 34.7 Å². The van der Waals surface area contributed by atoms with Gasteiger partial charge in [0.05, 0.1) is 17.9 Å². The molecule has 0 bridgehead atoms. The SMILES string of the molecule is CCN(CC)CCc1noc(C2CC2C#N)n1. The normalized spacial score (nSPS) is 22.7. The van der Waals surface area contributed by atoms with Gasteiger partial charge < -0.3 is 9.42 Å². The highest BCUT2D eigenvalue weighted by atomic mass is 16.5. The van der Waals surface area contributed by atoms with Gasteiger partial charge in [-0.3, -0.25) is 0 Å². The predicted molar refractivity (Wildman–Crippen MR) is 62.3 cm³/mol. The lowest BCUT2D eigenvalue weighted by Crippen LogP contribution is -2.25. The Hall–Kier alpha value is -1.41. The molecule has 1 fully saturated rings. The molecule has 92 valence electrons. The van der Waals surface area contributed by atoms with Gasteiger partial charge in [-0.05, 0) is 19.5 Å². The molecule has 5 heteroatoms.